The summed E-state index contributed by atoms with van der Waals surface area (Å²) in [6.45, 7) is 3.97. The van der Waals surface area contributed by atoms with Gasteiger partial charge in [-0.2, -0.15) is 9.13 Å². The van der Waals surface area contributed by atoms with Gasteiger partial charge < -0.3 is 28.5 Å². The van der Waals surface area contributed by atoms with E-state index in [0.717, 1.165) is 50.3 Å². The fourth-order valence-corrected chi connectivity index (χ4v) is 6.07. The topological polar surface area (TPSA) is 74.1 Å². The molecule has 0 atom stereocenters. The van der Waals surface area contributed by atoms with E-state index in [2.05, 4.69) is 88.3 Å². The van der Waals surface area contributed by atoms with Crippen molar-refractivity contribution in [1.29, 1.82) is 0 Å². The van der Waals surface area contributed by atoms with Crippen molar-refractivity contribution in [3.8, 4) is 0 Å². The van der Waals surface area contributed by atoms with Crippen LogP contribution in [-0.2, 0) is 43.1 Å². The normalized spacial score (nSPS) is 13.5. The number of hydrogen-bond donors (Lipinski definition) is 1. The number of aliphatic hydroxyl groups excluding tert-OH is 1. The van der Waals surface area contributed by atoms with E-state index < -0.39 is 14.2 Å². The molecule has 3 heterocycles. The van der Waals surface area contributed by atoms with Crippen LogP contribution in [0, 0.1) is 0 Å². The summed E-state index contributed by atoms with van der Waals surface area (Å²) in [5, 5.41) is 11.4. The van der Waals surface area contributed by atoms with Crippen LogP contribution in [0.1, 0.15) is 29.5 Å². The fraction of sp³-hybridized carbons (Fsp3) is 0.314. The Labute approximate surface area is 265 Å². The Hall–Kier alpha value is -3.63. The number of nitrogens with zero attached hydrogens (tertiary/aromatic N) is 2. The van der Waals surface area contributed by atoms with Crippen LogP contribution in [0.3, 0.4) is 0 Å². The van der Waals surface area contributed by atoms with Gasteiger partial charge in [0.05, 0.1) is 17.4 Å². The number of hydrogen-bond acceptors (Lipinski definition) is 6. The Bertz CT molecular complexity index is 1740. The summed E-state index contributed by atoms with van der Waals surface area (Å²) >= 11 is 0. The highest BCUT2D eigenvalue weighted by Gasteiger charge is 2.29. The van der Waals surface area contributed by atoms with Crippen LogP contribution in [0.25, 0.3) is 21.8 Å². The van der Waals surface area contributed by atoms with Gasteiger partial charge in [-0.05, 0) is 42.1 Å². The van der Waals surface area contributed by atoms with Crippen molar-refractivity contribution >= 4 is 47.0 Å². The monoisotopic (exact) mass is 606 g/mol. The van der Waals surface area contributed by atoms with Crippen LogP contribution in [0.2, 0.25) is 0 Å². The smallest absolute Gasteiger partial charge is 0.410 e. The number of benzene rings is 3. The van der Waals surface area contributed by atoms with Gasteiger partial charge in [-0.1, -0.05) is 42.5 Å². The Kier molecular flexibility index (Phi) is 10.5. The molecule has 45 heavy (non-hydrogen) atoms. The molecule has 230 valence electrons. The Morgan fingerprint density at radius 2 is 1.51 bits per heavy atom. The minimum absolute atomic E-state index is 0.138. The van der Waals surface area contributed by atoms with Crippen molar-refractivity contribution in [1.82, 2.24) is 0 Å². The van der Waals surface area contributed by atoms with Crippen molar-refractivity contribution in [2.45, 2.75) is 32.5 Å². The SMILES string of the molecule is COB(OC)c1cccc(C[n+]2cccc3c4cc(B5OCCCO5)c[n+](Cc5cccc(COCCCO)c5)c4ccc32)c1. The van der Waals surface area contributed by atoms with Gasteiger partial charge in [-0.25, -0.2) is 0 Å². The number of fused-ring (bicyclic) bond motifs is 3. The third-order valence-corrected chi connectivity index (χ3v) is 8.17. The molecule has 10 heteroatoms. The van der Waals surface area contributed by atoms with E-state index in [4.69, 9.17) is 28.5 Å². The van der Waals surface area contributed by atoms with Crippen molar-refractivity contribution in [3.63, 3.8) is 0 Å². The zero-order valence-corrected chi connectivity index (χ0v) is 26.1. The van der Waals surface area contributed by atoms with Crippen LogP contribution in [0.5, 0.6) is 0 Å². The van der Waals surface area contributed by atoms with E-state index in [1.54, 1.807) is 14.2 Å². The summed E-state index contributed by atoms with van der Waals surface area (Å²) in [5.74, 6) is 0. The zero-order valence-electron chi connectivity index (χ0n) is 26.1. The Morgan fingerprint density at radius 3 is 2.29 bits per heavy atom. The molecule has 0 unspecified atom stereocenters. The Balaban J connectivity index is 1.38. The molecule has 2 aromatic heterocycles. The highest BCUT2D eigenvalue weighted by molar-refractivity contribution is 6.61. The quantitative estimate of drug-likeness (QED) is 0.0963. The zero-order chi connectivity index (χ0) is 31.0. The summed E-state index contributed by atoms with van der Waals surface area (Å²) in [5.41, 5.74) is 7.73. The lowest BCUT2D eigenvalue weighted by atomic mass is 9.78. The van der Waals surface area contributed by atoms with Gasteiger partial charge in [0.25, 0.3) is 0 Å². The van der Waals surface area contributed by atoms with E-state index >= 15 is 0 Å². The van der Waals surface area contributed by atoms with E-state index in [0.29, 0.717) is 45.9 Å². The third-order valence-electron chi connectivity index (χ3n) is 8.17. The molecular weight excluding hydrogens is 566 g/mol. The van der Waals surface area contributed by atoms with Crippen LogP contribution in [0.4, 0.5) is 0 Å². The number of pyridine rings is 2. The molecule has 0 amide bonds. The standard InChI is InChI=1S/C35H40B2N2O6/c1-41-36(42-2)30-11-4-9-28(21-30)23-38-15-5-12-32-33-22-31(37-44-18-7-19-45-37)25-39(35(33)14-13-34(32)38)24-27-8-3-10-29(20-27)26-43-17-6-16-40/h3-5,8-15,20-22,25,40H,6-7,16-19,23-24,26H2,1-2H3/q+2. The lowest BCUT2D eigenvalue weighted by molar-refractivity contribution is -0.663. The largest absolute Gasteiger partial charge is 0.500 e. The molecule has 1 aliphatic heterocycles. The average molecular weight is 606 g/mol. The lowest BCUT2D eigenvalue weighted by Gasteiger charge is -2.19. The van der Waals surface area contributed by atoms with E-state index in [1.165, 1.54) is 5.56 Å². The third kappa shape index (κ3) is 7.44. The maximum absolute atomic E-state index is 9.06. The molecule has 1 aliphatic rings. The van der Waals surface area contributed by atoms with Gasteiger partial charge >= 0.3 is 14.2 Å². The number of aromatic nitrogens is 2. The van der Waals surface area contributed by atoms with Gasteiger partial charge in [0, 0.05) is 75.4 Å². The van der Waals surface area contributed by atoms with Crippen LogP contribution in [-0.4, -0.2) is 60.0 Å². The number of aliphatic hydroxyl groups is 1. The summed E-state index contributed by atoms with van der Waals surface area (Å²) in [7, 11) is 2.51. The summed E-state index contributed by atoms with van der Waals surface area (Å²) in [6, 6.07) is 27.8. The van der Waals surface area contributed by atoms with E-state index in [1.807, 2.05) is 12.1 Å². The second-order valence-electron chi connectivity index (χ2n) is 11.4. The van der Waals surface area contributed by atoms with Gasteiger partial charge in [-0.3, -0.25) is 0 Å². The second-order valence-corrected chi connectivity index (χ2v) is 11.4. The van der Waals surface area contributed by atoms with Crippen LogP contribution in [0.15, 0.2) is 91.3 Å². The molecule has 0 saturated carbocycles. The molecule has 8 nitrogen and oxygen atoms in total. The number of rotatable bonds is 13. The summed E-state index contributed by atoms with van der Waals surface area (Å²) in [6.07, 6.45) is 5.84. The van der Waals surface area contributed by atoms with Gasteiger partial charge in [0.15, 0.2) is 25.5 Å². The molecule has 0 bridgehead atoms. The summed E-state index contributed by atoms with van der Waals surface area (Å²) in [4.78, 5) is 0. The molecule has 1 fully saturated rings. The molecule has 5 aromatic rings. The average Bonchev–Trinajstić information content (AvgIpc) is 3.08. The van der Waals surface area contributed by atoms with Gasteiger partial charge in [0.1, 0.15) is 0 Å². The van der Waals surface area contributed by atoms with Crippen LogP contribution >= 0.6 is 0 Å². The Morgan fingerprint density at radius 1 is 0.800 bits per heavy atom. The molecule has 0 radical (unpaired) electrons. The van der Waals surface area contributed by atoms with Crippen molar-refractivity contribution in [2.75, 3.05) is 40.6 Å². The van der Waals surface area contributed by atoms with Crippen LogP contribution < -0.4 is 20.1 Å². The lowest BCUT2D eigenvalue weighted by Crippen LogP contribution is -2.47. The summed E-state index contributed by atoms with van der Waals surface area (Å²) < 4.78 is 33.5. The van der Waals surface area contributed by atoms with Crippen molar-refractivity contribution < 1.29 is 37.6 Å². The first-order valence-corrected chi connectivity index (χ1v) is 15.6. The first-order chi connectivity index (χ1) is 22.2. The molecule has 3 aromatic carbocycles. The van der Waals surface area contributed by atoms with Crippen molar-refractivity contribution in [2.24, 2.45) is 0 Å². The molecule has 6 rings (SSSR count). The molecule has 1 N–H and O–H groups in total. The minimum Gasteiger partial charge on any atom is -0.410 e. The van der Waals surface area contributed by atoms with Crippen molar-refractivity contribution in [3.05, 3.63) is 108 Å². The van der Waals surface area contributed by atoms with Gasteiger partial charge in [0.2, 0.25) is 11.0 Å². The maximum atomic E-state index is 9.06. The van der Waals surface area contributed by atoms with E-state index in [9.17, 15) is 0 Å². The maximum Gasteiger partial charge on any atom is 0.500 e. The first-order valence-electron chi connectivity index (χ1n) is 15.6. The predicted octanol–water partition coefficient (Wildman–Crippen LogP) is 2.68. The van der Waals surface area contributed by atoms with E-state index in [-0.39, 0.29) is 6.61 Å². The predicted molar refractivity (Wildman–Crippen MR) is 176 cm³/mol. The number of ether oxygens (including phenoxy) is 1. The first kappa shape index (κ1) is 31.4. The minimum atomic E-state index is -0.399. The molecule has 0 aliphatic carbocycles. The van der Waals surface area contributed by atoms with Gasteiger partial charge in [-0.15, -0.1) is 0 Å². The second kappa shape index (κ2) is 15.1. The fourth-order valence-electron chi connectivity index (χ4n) is 6.07. The highest BCUT2D eigenvalue weighted by atomic mass is 16.6. The molecular formula is C35H40B2N2O6+2. The highest BCUT2D eigenvalue weighted by Crippen LogP contribution is 2.22. The molecule has 0 spiro atoms. The molecule has 1 saturated heterocycles.